The highest BCUT2D eigenvalue weighted by Gasteiger charge is 2.25. The molecule has 0 atom stereocenters. The maximum Gasteiger partial charge on any atom is 0.270 e. The van der Waals surface area contributed by atoms with Gasteiger partial charge in [-0.05, 0) is 61.0 Å². The van der Waals surface area contributed by atoms with Crippen molar-refractivity contribution in [1.82, 2.24) is 4.90 Å². The normalized spacial score (nSPS) is 13.5. The van der Waals surface area contributed by atoms with Gasteiger partial charge in [0.2, 0.25) is 0 Å². The second kappa shape index (κ2) is 10.6. The average Bonchev–Trinajstić information content (AvgIpc) is 3.15. The van der Waals surface area contributed by atoms with Gasteiger partial charge < -0.3 is 19.3 Å². The Balaban J connectivity index is 1.55. The van der Waals surface area contributed by atoms with Crippen LogP contribution in [0.1, 0.15) is 22.3 Å². The van der Waals surface area contributed by atoms with E-state index in [1.165, 1.54) is 18.2 Å². The monoisotopic (exact) mass is 472 g/mol. The van der Waals surface area contributed by atoms with Crippen molar-refractivity contribution >= 4 is 17.3 Å². The Bertz CT molecular complexity index is 1250. The van der Waals surface area contributed by atoms with Gasteiger partial charge in [0.1, 0.15) is 17.2 Å². The molecule has 178 valence electrons. The highest BCUT2D eigenvalue weighted by molar-refractivity contribution is 5.97. The fraction of sp³-hybridized carbons (Fsp3) is 0.231. The molecule has 0 N–H and O–H groups in total. The number of nitro groups is 1. The van der Waals surface area contributed by atoms with Crippen molar-refractivity contribution < 1.29 is 19.2 Å². The number of nitro benzene ring substituents is 1. The Hall–Kier alpha value is -4.58. The zero-order valence-electron chi connectivity index (χ0n) is 19.2. The number of carbonyl (C=O) groups excluding carboxylic acids is 1. The molecule has 1 aliphatic heterocycles. The standard InChI is InChI=1S/C26H24N4O5/c1-34-22-8-10-23(11-9-22)35-25-12-7-21(30(32)33)17-24(25)26(31)29-14-2-13-28(15-16-29)20-5-3-19(18-27)4-6-20/h3-12,17H,2,13-16H2,1H3. The van der Waals surface area contributed by atoms with Crippen molar-refractivity contribution in [3.05, 3.63) is 88.0 Å². The summed E-state index contributed by atoms with van der Waals surface area (Å²) in [4.78, 5) is 28.2. The number of hydrogen-bond acceptors (Lipinski definition) is 7. The number of ether oxygens (including phenoxy) is 2. The van der Waals surface area contributed by atoms with Gasteiger partial charge >= 0.3 is 0 Å². The van der Waals surface area contributed by atoms with Crippen LogP contribution in [-0.4, -0.2) is 49.0 Å². The first-order valence-corrected chi connectivity index (χ1v) is 11.1. The largest absolute Gasteiger partial charge is 0.497 e. The van der Waals surface area contributed by atoms with Crippen molar-refractivity contribution in [3.8, 4) is 23.3 Å². The van der Waals surface area contributed by atoms with Crippen LogP contribution in [0.5, 0.6) is 17.2 Å². The Kier molecular flexibility index (Phi) is 7.12. The second-order valence-electron chi connectivity index (χ2n) is 8.01. The quantitative estimate of drug-likeness (QED) is 0.380. The number of methoxy groups -OCH3 is 1. The highest BCUT2D eigenvalue weighted by atomic mass is 16.6. The van der Waals surface area contributed by atoms with Gasteiger partial charge in [-0.1, -0.05) is 0 Å². The number of hydrogen-bond donors (Lipinski definition) is 0. The maximum absolute atomic E-state index is 13.5. The summed E-state index contributed by atoms with van der Waals surface area (Å²) in [5.74, 6) is 1.07. The van der Waals surface area contributed by atoms with E-state index in [0.717, 1.165) is 18.7 Å². The van der Waals surface area contributed by atoms with Crippen molar-refractivity contribution in [2.45, 2.75) is 6.42 Å². The maximum atomic E-state index is 13.5. The molecule has 3 aromatic carbocycles. The first-order chi connectivity index (χ1) is 17.0. The van der Waals surface area contributed by atoms with E-state index >= 15 is 0 Å². The van der Waals surface area contributed by atoms with Crippen molar-refractivity contribution in [3.63, 3.8) is 0 Å². The Labute approximate surface area is 202 Å². The molecule has 3 aromatic rings. The summed E-state index contributed by atoms with van der Waals surface area (Å²) in [6.07, 6.45) is 0.731. The summed E-state index contributed by atoms with van der Waals surface area (Å²) in [6, 6.07) is 20.4. The highest BCUT2D eigenvalue weighted by Crippen LogP contribution is 2.31. The zero-order valence-corrected chi connectivity index (χ0v) is 19.2. The number of anilines is 1. The lowest BCUT2D eigenvalue weighted by molar-refractivity contribution is -0.384. The molecule has 1 saturated heterocycles. The van der Waals surface area contributed by atoms with Crippen molar-refractivity contribution in [2.75, 3.05) is 38.2 Å². The van der Waals surface area contributed by atoms with Gasteiger partial charge in [-0.3, -0.25) is 14.9 Å². The third-order valence-corrected chi connectivity index (χ3v) is 5.84. The minimum Gasteiger partial charge on any atom is -0.497 e. The van der Waals surface area contributed by atoms with E-state index in [1.54, 1.807) is 48.4 Å². The first-order valence-electron chi connectivity index (χ1n) is 11.1. The van der Waals surface area contributed by atoms with E-state index in [-0.39, 0.29) is 22.9 Å². The van der Waals surface area contributed by atoms with E-state index in [2.05, 4.69) is 11.0 Å². The average molecular weight is 473 g/mol. The summed E-state index contributed by atoms with van der Waals surface area (Å²) < 4.78 is 11.1. The van der Waals surface area contributed by atoms with Crippen LogP contribution in [0.4, 0.5) is 11.4 Å². The fourth-order valence-corrected chi connectivity index (χ4v) is 3.95. The molecule has 0 saturated carbocycles. The smallest absolute Gasteiger partial charge is 0.270 e. The molecule has 1 fully saturated rings. The van der Waals surface area contributed by atoms with Gasteiger partial charge in [0.05, 0.1) is 29.2 Å². The van der Waals surface area contributed by atoms with Gasteiger partial charge in [0.25, 0.3) is 11.6 Å². The lowest BCUT2D eigenvalue weighted by Gasteiger charge is -2.24. The molecule has 0 unspecified atom stereocenters. The van der Waals surface area contributed by atoms with Crippen LogP contribution in [-0.2, 0) is 0 Å². The SMILES string of the molecule is COc1ccc(Oc2ccc([N+](=O)[O-])cc2C(=O)N2CCCN(c3ccc(C#N)cc3)CC2)cc1. The van der Waals surface area contributed by atoms with E-state index in [9.17, 15) is 14.9 Å². The molecule has 4 rings (SSSR count). The minimum absolute atomic E-state index is 0.141. The van der Waals surface area contributed by atoms with Crippen LogP contribution in [0, 0.1) is 21.4 Å². The number of benzene rings is 3. The van der Waals surface area contributed by atoms with E-state index in [0.29, 0.717) is 36.7 Å². The van der Waals surface area contributed by atoms with Crippen LogP contribution in [0.2, 0.25) is 0 Å². The number of amides is 1. The van der Waals surface area contributed by atoms with Gasteiger partial charge in [0.15, 0.2) is 0 Å². The zero-order chi connectivity index (χ0) is 24.8. The van der Waals surface area contributed by atoms with Crippen LogP contribution < -0.4 is 14.4 Å². The molecule has 0 radical (unpaired) electrons. The predicted molar refractivity (Wildman–Crippen MR) is 130 cm³/mol. The molecule has 0 spiro atoms. The van der Waals surface area contributed by atoms with E-state index in [4.69, 9.17) is 14.7 Å². The van der Waals surface area contributed by atoms with Crippen molar-refractivity contribution in [2.24, 2.45) is 0 Å². The van der Waals surface area contributed by atoms with Gasteiger partial charge in [-0.2, -0.15) is 5.26 Å². The molecule has 1 amide bonds. The lowest BCUT2D eigenvalue weighted by Crippen LogP contribution is -2.35. The molecule has 0 bridgehead atoms. The molecule has 0 aromatic heterocycles. The summed E-state index contributed by atoms with van der Waals surface area (Å²) in [6.45, 7) is 2.31. The molecule has 35 heavy (non-hydrogen) atoms. The summed E-state index contributed by atoms with van der Waals surface area (Å²) in [5.41, 5.74) is 1.54. The molecular formula is C26H24N4O5. The van der Waals surface area contributed by atoms with E-state index in [1.807, 2.05) is 12.1 Å². The van der Waals surface area contributed by atoms with Crippen LogP contribution in [0.25, 0.3) is 0 Å². The third-order valence-electron chi connectivity index (χ3n) is 5.84. The third kappa shape index (κ3) is 5.50. The van der Waals surface area contributed by atoms with E-state index < -0.39 is 4.92 Å². The number of carbonyl (C=O) groups is 1. The lowest BCUT2D eigenvalue weighted by atomic mass is 10.1. The van der Waals surface area contributed by atoms with Gasteiger partial charge in [-0.15, -0.1) is 0 Å². The van der Waals surface area contributed by atoms with Crippen molar-refractivity contribution in [1.29, 1.82) is 5.26 Å². The van der Waals surface area contributed by atoms with Gasteiger partial charge in [0, 0.05) is 44.0 Å². The molecule has 9 heteroatoms. The summed E-state index contributed by atoms with van der Waals surface area (Å²) >= 11 is 0. The minimum atomic E-state index is -0.525. The number of nitrogens with zero attached hydrogens (tertiary/aromatic N) is 4. The molecule has 9 nitrogen and oxygen atoms in total. The first kappa shape index (κ1) is 23.6. The summed E-state index contributed by atoms with van der Waals surface area (Å²) in [5, 5.41) is 20.4. The van der Waals surface area contributed by atoms with Crippen LogP contribution >= 0.6 is 0 Å². The number of rotatable bonds is 6. The Morgan fingerprint density at radius 3 is 2.34 bits per heavy atom. The van der Waals surface area contributed by atoms with Crippen LogP contribution in [0.3, 0.4) is 0 Å². The molecule has 0 aliphatic carbocycles. The second-order valence-corrected chi connectivity index (χ2v) is 8.01. The molecule has 1 heterocycles. The predicted octanol–water partition coefficient (Wildman–Crippen LogP) is 4.62. The van der Waals surface area contributed by atoms with Crippen LogP contribution in [0.15, 0.2) is 66.7 Å². The van der Waals surface area contributed by atoms with Gasteiger partial charge in [-0.25, -0.2) is 0 Å². The Morgan fingerprint density at radius 1 is 0.971 bits per heavy atom. The fourth-order valence-electron chi connectivity index (χ4n) is 3.95. The molecular weight excluding hydrogens is 448 g/mol. The molecule has 1 aliphatic rings. The number of non-ortho nitro benzene ring substituents is 1. The Morgan fingerprint density at radius 2 is 1.69 bits per heavy atom. The topological polar surface area (TPSA) is 109 Å². The number of nitriles is 1. The summed E-state index contributed by atoms with van der Waals surface area (Å²) in [7, 11) is 1.56.